The lowest BCUT2D eigenvalue weighted by atomic mass is 10.0. The highest BCUT2D eigenvalue weighted by Gasteiger charge is 2.24. The molecule has 0 radical (unpaired) electrons. The molecule has 1 fully saturated rings. The van der Waals surface area contributed by atoms with Gasteiger partial charge < -0.3 is 10.6 Å². The standard InChI is InChI=1S/C11H20IN5/c1-8(2)16-5-3-9(4-6-16)17-11(12)10(7-13)14-15-17/h8-9H,3-7,13H2,1-2H3. The summed E-state index contributed by atoms with van der Waals surface area (Å²) >= 11 is 2.30. The van der Waals surface area contributed by atoms with Crippen molar-refractivity contribution in [2.45, 2.75) is 45.3 Å². The Balaban J connectivity index is 2.03. The Morgan fingerprint density at radius 3 is 2.53 bits per heavy atom. The molecule has 6 heteroatoms. The summed E-state index contributed by atoms with van der Waals surface area (Å²) < 4.78 is 3.16. The Hall–Kier alpha value is -0.210. The summed E-state index contributed by atoms with van der Waals surface area (Å²) in [5.41, 5.74) is 6.54. The lowest BCUT2D eigenvalue weighted by molar-refractivity contribution is 0.145. The first-order valence-corrected chi connectivity index (χ1v) is 7.25. The van der Waals surface area contributed by atoms with E-state index in [2.05, 4.69) is 56.3 Å². The fourth-order valence-corrected chi connectivity index (χ4v) is 3.14. The highest BCUT2D eigenvalue weighted by molar-refractivity contribution is 14.1. The molecule has 2 N–H and O–H groups in total. The van der Waals surface area contributed by atoms with Gasteiger partial charge in [0.1, 0.15) is 9.39 Å². The van der Waals surface area contributed by atoms with Crippen molar-refractivity contribution in [3.63, 3.8) is 0 Å². The predicted octanol–water partition coefficient (Wildman–Crippen LogP) is 1.39. The number of hydrogen-bond acceptors (Lipinski definition) is 4. The fraction of sp³-hybridized carbons (Fsp3) is 0.818. The zero-order valence-electron chi connectivity index (χ0n) is 10.4. The van der Waals surface area contributed by atoms with Gasteiger partial charge in [-0.25, -0.2) is 4.68 Å². The Kier molecular flexibility index (Phi) is 4.37. The van der Waals surface area contributed by atoms with Crippen LogP contribution in [0.15, 0.2) is 0 Å². The highest BCUT2D eigenvalue weighted by atomic mass is 127. The average Bonchev–Trinajstić information content (AvgIpc) is 2.70. The summed E-state index contributed by atoms with van der Waals surface area (Å²) in [6.07, 6.45) is 2.31. The van der Waals surface area contributed by atoms with Gasteiger partial charge in [-0.2, -0.15) is 0 Å². The van der Waals surface area contributed by atoms with Gasteiger partial charge >= 0.3 is 0 Å². The number of hydrogen-bond donors (Lipinski definition) is 1. The van der Waals surface area contributed by atoms with E-state index in [9.17, 15) is 0 Å². The molecule has 1 aliphatic heterocycles. The maximum Gasteiger partial charge on any atom is 0.124 e. The molecule has 17 heavy (non-hydrogen) atoms. The monoisotopic (exact) mass is 349 g/mol. The minimum atomic E-state index is 0.475. The molecule has 2 rings (SSSR count). The van der Waals surface area contributed by atoms with Crippen LogP contribution in [0.1, 0.15) is 38.4 Å². The Bertz CT molecular complexity index is 368. The van der Waals surface area contributed by atoms with Crippen LogP contribution in [0.3, 0.4) is 0 Å². The quantitative estimate of drug-likeness (QED) is 0.838. The molecule has 1 aliphatic rings. The number of piperidine rings is 1. The molecule has 0 saturated carbocycles. The van der Waals surface area contributed by atoms with Gasteiger partial charge in [0.2, 0.25) is 0 Å². The molecular weight excluding hydrogens is 329 g/mol. The number of rotatable bonds is 3. The van der Waals surface area contributed by atoms with E-state index in [1.807, 2.05) is 0 Å². The Morgan fingerprint density at radius 2 is 2.06 bits per heavy atom. The predicted molar refractivity (Wildman–Crippen MR) is 75.6 cm³/mol. The van der Waals surface area contributed by atoms with E-state index >= 15 is 0 Å². The smallest absolute Gasteiger partial charge is 0.124 e. The number of nitrogens with zero attached hydrogens (tertiary/aromatic N) is 4. The van der Waals surface area contributed by atoms with Gasteiger partial charge in [0, 0.05) is 25.7 Å². The first-order valence-electron chi connectivity index (χ1n) is 6.17. The molecule has 96 valence electrons. The average molecular weight is 349 g/mol. The molecule has 2 heterocycles. The van der Waals surface area contributed by atoms with Gasteiger partial charge in [0.15, 0.2) is 0 Å². The second-order valence-electron chi connectivity index (χ2n) is 4.84. The van der Waals surface area contributed by atoms with E-state index in [1.54, 1.807) is 0 Å². The molecule has 5 nitrogen and oxygen atoms in total. The zero-order chi connectivity index (χ0) is 12.4. The molecule has 0 atom stereocenters. The summed E-state index contributed by atoms with van der Waals surface area (Å²) in [7, 11) is 0. The van der Waals surface area contributed by atoms with Crippen molar-refractivity contribution in [2.75, 3.05) is 13.1 Å². The van der Waals surface area contributed by atoms with E-state index in [4.69, 9.17) is 5.73 Å². The first-order chi connectivity index (χ1) is 8.13. The largest absolute Gasteiger partial charge is 0.325 e. The van der Waals surface area contributed by atoms with Crippen LogP contribution in [0.5, 0.6) is 0 Å². The zero-order valence-corrected chi connectivity index (χ0v) is 12.6. The lowest BCUT2D eigenvalue weighted by Crippen LogP contribution is -2.39. The second kappa shape index (κ2) is 5.62. The molecule has 1 aromatic rings. The topological polar surface area (TPSA) is 60.0 Å². The third-order valence-electron chi connectivity index (χ3n) is 3.47. The highest BCUT2D eigenvalue weighted by Crippen LogP contribution is 2.25. The van der Waals surface area contributed by atoms with Crippen molar-refractivity contribution >= 4 is 22.6 Å². The molecule has 0 aliphatic carbocycles. The lowest BCUT2D eigenvalue weighted by Gasteiger charge is -2.34. The number of aromatic nitrogens is 3. The van der Waals surface area contributed by atoms with E-state index in [1.165, 1.54) is 0 Å². The molecule has 1 aromatic heterocycles. The normalized spacial score (nSPS) is 19.1. The van der Waals surface area contributed by atoms with Crippen molar-refractivity contribution < 1.29 is 0 Å². The molecule has 0 unspecified atom stereocenters. The number of halogens is 1. The maximum atomic E-state index is 5.63. The van der Waals surface area contributed by atoms with E-state index in [-0.39, 0.29) is 0 Å². The molecule has 0 spiro atoms. The molecule has 0 aromatic carbocycles. The summed E-state index contributed by atoms with van der Waals surface area (Å²) in [6.45, 7) is 7.29. The van der Waals surface area contributed by atoms with Gasteiger partial charge in [-0.1, -0.05) is 5.21 Å². The van der Waals surface area contributed by atoms with E-state index < -0.39 is 0 Å². The van der Waals surface area contributed by atoms with Crippen molar-refractivity contribution in [3.05, 3.63) is 9.39 Å². The first kappa shape index (κ1) is 13.2. The summed E-state index contributed by atoms with van der Waals surface area (Å²) in [5, 5.41) is 8.37. The minimum Gasteiger partial charge on any atom is -0.325 e. The Morgan fingerprint density at radius 1 is 1.41 bits per heavy atom. The van der Waals surface area contributed by atoms with Crippen LogP contribution in [-0.4, -0.2) is 39.0 Å². The maximum absolute atomic E-state index is 5.63. The molecule has 0 bridgehead atoms. The number of nitrogens with two attached hydrogens (primary N) is 1. The minimum absolute atomic E-state index is 0.475. The van der Waals surface area contributed by atoms with Crippen molar-refractivity contribution in [1.82, 2.24) is 19.9 Å². The van der Waals surface area contributed by atoms with Gasteiger partial charge in [0.05, 0.1) is 6.04 Å². The van der Waals surface area contributed by atoms with Crippen LogP contribution in [0.2, 0.25) is 0 Å². The summed E-state index contributed by atoms with van der Waals surface area (Å²) in [5.74, 6) is 0. The molecule has 0 amide bonds. The van der Waals surface area contributed by atoms with Crippen molar-refractivity contribution in [3.8, 4) is 0 Å². The van der Waals surface area contributed by atoms with E-state index in [0.29, 0.717) is 18.6 Å². The van der Waals surface area contributed by atoms with E-state index in [0.717, 1.165) is 35.3 Å². The fourth-order valence-electron chi connectivity index (χ4n) is 2.32. The summed E-state index contributed by atoms with van der Waals surface area (Å²) in [4.78, 5) is 2.52. The van der Waals surface area contributed by atoms with Crippen LogP contribution in [0.4, 0.5) is 0 Å². The van der Waals surface area contributed by atoms with Crippen molar-refractivity contribution in [1.29, 1.82) is 0 Å². The van der Waals surface area contributed by atoms with Crippen LogP contribution in [0, 0.1) is 3.70 Å². The Labute approximate surface area is 116 Å². The molecular formula is C11H20IN5. The van der Waals surface area contributed by atoms with Gasteiger partial charge in [0.25, 0.3) is 0 Å². The van der Waals surface area contributed by atoms with Crippen molar-refractivity contribution in [2.24, 2.45) is 5.73 Å². The summed E-state index contributed by atoms with van der Waals surface area (Å²) in [6, 6.07) is 1.13. The molecule has 1 saturated heterocycles. The SMILES string of the molecule is CC(C)N1CCC(n2nnc(CN)c2I)CC1. The van der Waals surface area contributed by atoms with Crippen LogP contribution in [-0.2, 0) is 6.54 Å². The van der Waals surface area contributed by atoms with Crippen LogP contribution < -0.4 is 5.73 Å². The number of likely N-dealkylation sites (tertiary alicyclic amines) is 1. The van der Waals surface area contributed by atoms with Crippen LogP contribution in [0.25, 0.3) is 0 Å². The van der Waals surface area contributed by atoms with Gasteiger partial charge in [-0.05, 0) is 49.3 Å². The second-order valence-corrected chi connectivity index (χ2v) is 5.86. The van der Waals surface area contributed by atoms with Gasteiger partial charge in [-0.3, -0.25) is 0 Å². The third-order valence-corrected chi connectivity index (χ3v) is 4.59. The third kappa shape index (κ3) is 2.79. The van der Waals surface area contributed by atoms with Crippen LogP contribution >= 0.6 is 22.6 Å². The van der Waals surface area contributed by atoms with Gasteiger partial charge in [-0.15, -0.1) is 5.10 Å².